The number of carbonyl (C=O) groups excluding carboxylic acids is 1. The van der Waals surface area contributed by atoms with Gasteiger partial charge in [0.05, 0.1) is 0 Å². The SMILES string of the molecule is CC(N)=O.CCCN(CC)CC.[HH]. The van der Waals surface area contributed by atoms with Crippen LogP contribution in [0.15, 0.2) is 0 Å². The predicted molar refractivity (Wildman–Crippen MR) is 55.1 cm³/mol. The van der Waals surface area contributed by atoms with Crippen molar-refractivity contribution in [3.05, 3.63) is 0 Å². The number of amides is 1. The van der Waals surface area contributed by atoms with E-state index in [0.717, 1.165) is 0 Å². The van der Waals surface area contributed by atoms with Crippen LogP contribution in [0.3, 0.4) is 0 Å². The van der Waals surface area contributed by atoms with E-state index in [4.69, 9.17) is 0 Å². The monoisotopic (exact) mass is 176 g/mol. The lowest BCUT2D eigenvalue weighted by Gasteiger charge is -2.15. The zero-order valence-electron chi connectivity index (χ0n) is 8.76. The molecule has 0 aliphatic rings. The van der Waals surface area contributed by atoms with Gasteiger partial charge in [-0.25, -0.2) is 0 Å². The van der Waals surface area contributed by atoms with Crippen molar-refractivity contribution in [1.82, 2.24) is 4.90 Å². The Labute approximate surface area is 77.4 Å². The Morgan fingerprint density at radius 2 is 1.67 bits per heavy atom. The summed E-state index contributed by atoms with van der Waals surface area (Å²) in [6.45, 7) is 11.6. The minimum atomic E-state index is -0.333. The Hall–Kier alpha value is -0.570. The lowest BCUT2D eigenvalue weighted by Crippen LogP contribution is -2.23. The van der Waals surface area contributed by atoms with Crippen molar-refractivity contribution in [2.75, 3.05) is 19.6 Å². The van der Waals surface area contributed by atoms with E-state index in [2.05, 4.69) is 31.4 Å². The van der Waals surface area contributed by atoms with Crippen molar-refractivity contribution in [3.8, 4) is 0 Å². The topological polar surface area (TPSA) is 46.3 Å². The minimum absolute atomic E-state index is 0. The fourth-order valence-corrected chi connectivity index (χ4v) is 0.856. The van der Waals surface area contributed by atoms with Gasteiger partial charge in [0.25, 0.3) is 0 Å². The van der Waals surface area contributed by atoms with E-state index in [9.17, 15) is 4.79 Å². The maximum Gasteiger partial charge on any atom is 0.214 e. The summed E-state index contributed by atoms with van der Waals surface area (Å²) in [7, 11) is 0. The first-order valence-corrected chi connectivity index (χ1v) is 4.56. The van der Waals surface area contributed by atoms with Gasteiger partial charge < -0.3 is 10.6 Å². The lowest BCUT2D eigenvalue weighted by atomic mass is 10.4. The average Bonchev–Trinajstić information content (AvgIpc) is 1.99. The number of hydrogen-bond acceptors (Lipinski definition) is 2. The third-order valence-electron chi connectivity index (χ3n) is 1.43. The summed E-state index contributed by atoms with van der Waals surface area (Å²) in [6.07, 6.45) is 1.28. The van der Waals surface area contributed by atoms with E-state index in [-0.39, 0.29) is 7.33 Å². The van der Waals surface area contributed by atoms with Crippen LogP contribution in [0.5, 0.6) is 0 Å². The second-order valence-corrected chi connectivity index (χ2v) is 2.64. The van der Waals surface area contributed by atoms with E-state index in [1.807, 2.05) is 0 Å². The van der Waals surface area contributed by atoms with Crippen LogP contribution in [0.25, 0.3) is 0 Å². The van der Waals surface area contributed by atoms with Crippen LogP contribution in [-0.2, 0) is 4.79 Å². The molecule has 0 saturated heterocycles. The molecule has 0 aliphatic carbocycles. The molecule has 0 aromatic carbocycles. The first kappa shape index (κ1) is 14.0. The van der Waals surface area contributed by atoms with Gasteiger partial charge in [0.1, 0.15) is 0 Å². The second kappa shape index (κ2) is 10.4. The van der Waals surface area contributed by atoms with Crippen molar-refractivity contribution >= 4 is 5.91 Å². The highest BCUT2D eigenvalue weighted by Crippen LogP contribution is 1.87. The first-order valence-electron chi connectivity index (χ1n) is 4.56. The third kappa shape index (κ3) is 16.2. The highest BCUT2D eigenvalue weighted by atomic mass is 16.1. The number of nitrogens with two attached hydrogens (primary N) is 1. The third-order valence-corrected chi connectivity index (χ3v) is 1.43. The van der Waals surface area contributed by atoms with E-state index in [0.29, 0.717) is 0 Å². The van der Waals surface area contributed by atoms with Crippen molar-refractivity contribution in [1.29, 1.82) is 0 Å². The molecule has 0 aliphatic heterocycles. The summed E-state index contributed by atoms with van der Waals surface area (Å²) in [5.41, 5.74) is 4.47. The van der Waals surface area contributed by atoms with Gasteiger partial charge in [0.2, 0.25) is 5.91 Å². The van der Waals surface area contributed by atoms with Gasteiger partial charge in [-0.2, -0.15) is 0 Å². The van der Waals surface area contributed by atoms with Crippen LogP contribution in [0.4, 0.5) is 0 Å². The minimum Gasteiger partial charge on any atom is -0.370 e. The van der Waals surface area contributed by atoms with E-state index < -0.39 is 0 Å². The van der Waals surface area contributed by atoms with E-state index in [1.54, 1.807) is 0 Å². The highest BCUT2D eigenvalue weighted by Gasteiger charge is 1.92. The molecule has 76 valence electrons. The largest absolute Gasteiger partial charge is 0.370 e. The molecule has 2 N–H and O–H groups in total. The summed E-state index contributed by atoms with van der Waals surface area (Å²) in [5.74, 6) is -0.333. The predicted octanol–water partition coefficient (Wildman–Crippen LogP) is 1.48. The Morgan fingerprint density at radius 1 is 1.33 bits per heavy atom. The fourth-order valence-electron chi connectivity index (χ4n) is 0.856. The van der Waals surface area contributed by atoms with Crippen LogP contribution < -0.4 is 5.73 Å². The van der Waals surface area contributed by atoms with Crippen LogP contribution in [0.1, 0.15) is 35.5 Å². The van der Waals surface area contributed by atoms with Gasteiger partial charge in [0, 0.05) is 8.35 Å². The molecule has 0 unspecified atom stereocenters. The average molecular weight is 176 g/mol. The van der Waals surface area contributed by atoms with Gasteiger partial charge in [-0.3, -0.25) is 4.79 Å². The molecule has 3 nitrogen and oxygen atoms in total. The van der Waals surface area contributed by atoms with Crippen molar-refractivity contribution in [3.63, 3.8) is 0 Å². The van der Waals surface area contributed by atoms with Crippen molar-refractivity contribution < 1.29 is 6.22 Å². The molecule has 12 heavy (non-hydrogen) atoms. The van der Waals surface area contributed by atoms with E-state index >= 15 is 0 Å². The summed E-state index contributed by atoms with van der Waals surface area (Å²) in [6, 6.07) is 0. The molecule has 0 bridgehead atoms. The molecule has 3 heteroatoms. The van der Waals surface area contributed by atoms with Crippen LogP contribution in [0, 0.1) is 0 Å². The first-order chi connectivity index (χ1) is 5.58. The van der Waals surface area contributed by atoms with Gasteiger partial charge >= 0.3 is 0 Å². The molecule has 0 aromatic heterocycles. The summed E-state index contributed by atoms with van der Waals surface area (Å²) in [4.78, 5) is 11.7. The maximum atomic E-state index is 9.22. The maximum absolute atomic E-state index is 9.22. The van der Waals surface area contributed by atoms with Crippen LogP contribution >= 0.6 is 0 Å². The molecule has 0 atom stereocenters. The number of nitrogens with zero attached hydrogens (tertiary/aromatic N) is 1. The number of hydrogen-bond donors (Lipinski definition) is 1. The Morgan fingerprint density at radius 3 is 1.75 bits per heavy atom. The van der Waals surface area contributed by atoms with Gasteiger partial charge in [-0.05, 0) is 26.1 Å². The molecular weight excluding hydrogens is 152 g/mol. The smallest absolute Gasteiger partial charge is 0.214 e. The molecule has 0 radical (unpaired) electrons. The van der Waals surface area contributed by atoms with Crippen LogP contribution in [0.2, 0.25) is 0 Å². The normalized spacial score (nSPS) is 9.08. The molecule has 0 spiro atoms. The van der Waals surface area contributed by atoms with Gasteiger partial charge in [-0.1, -0.05) is 20.8 Å². The molecule has 0 rings (SSSR count). The summed E-state index contributed by atoms with van der Waals surface area (Å²) >= 11 is 0. The zero-order chi connectivity index (χ0) is 9.98. The quantitative estimate of drug-likeness (QED) is 0.705. The standard InChI is InChI=1S/C7H17N.C2H5NO.H2/c1-4-7-8(5-2)6-3;1-2(3)4;/h4-7H2,1-3H3;1H3,(H2,3,4);1H. The highest BCUT2D eigenvalue weighted by molar-refractivity contribution is 5.70. The fraction of sp³-hybridized carbons (Fsp3) is 0.889. The Bertz CT molecular complexity index is 102. The second-order valence-electron chi connectivity index (χ2n) is 2.64. The zero-order valence-corrected chi connectivity index (χ0v) is 8.76. The molecular formula is C9H24N2O. The summed E-state index contributed by atoms with van der Waals surface area (Å²) < 4.78 is 0. The Kier molecular flexibility index (Phi) is 12.2. The van der Waals surface area contributed by atoms with Gasteiger partial charge in [-0.15, -0.1) is 0 Å². The summed E-state index contributed by atoms with van der Waals surface area (Å²) in [5, 5.41) is 0. The van der Waals surface area contributed by atoms with Gasteiger partial charge in [0.15, 0.2) is 0 Å². The molecule has 1 amide bonds. The molecule has 0 saturated carbocycles. The van der Waals surface area contributed by atoms with Crippen LogP contribution in [-0.4, -0.2) is 30.4 Å². The van der Waals surface area contributed by atoms with Crippen molar-refractivity contribution in [2.45, 2.75) is 34.1 Å². The van der Waals surface area contributed by atoms with Crippen molar-refractivity contribution in [2.24, 2.45) is 5.73 Å². The number of rotatable bonds is 4. The lowest BCUT2D eigenvalue weighted by molar-refractivity contribution is -0.115. The molecule has 0 fully saturated rings. The number of carbonyl (C=O) groups is 1. The molecule has 0 aromatic rings. The van der Waals surface area contributed by atoms with E-state index in [1.165, 1.54) is 33.0 Å². The number of primary amides is 1. The molecule has 0 heterocycles. The Balaban J connectivity index is -0.000000173.